The summed E-state index contributed by atoms with van der Waals surface area (Å²) in [5, 5.41) is 8.91. The smallest absolute Gasteiger partial charge is 0.154 e. The molecule has 0 atom stereocenters. The number of para-hydroxylation sites is 2. The molecule has 0 aliphatic carbocycles. The molecule has 0 spiro atoms. The van der Waals surface area contributed by atoms with Crippen molar-refractivity contribution < 1.29 is 0 Å². The minimum atomic E-state index is 0.374. The van der Waals surface area contributed by atoms with Crippen molar-refractivity contribution in [2.24, 2.45) is 0 Å². The van der Waals surface area contributed by atoms with E-state index in [0.29, 0.717) is 17.5 Å². The van der Waals surface area contributed by atoms with Crippen LogP contribution in [-0.2, 0) is 6.54 Å². The number of hydrogen-bond acceptors (Lipinski definition) is 3. The molecule has 0 saturated carbocycles. The molecule has 0 amide bonds. The molecule has 4 nitrogen and oxygen atoms in total. The summed E-state index contributed by atoms with van der Waals surface area (Å²) in [5.74, 6) is 0. The highest BCUT2D eigenvalue weighted by Crippen LogP contribution is 2.23. The van der Waals surface area contributed by atoms with Crippen LogP contribution in [0.3, 0.4) is 0 Å². The first-order chi connectivity index (χ1) is 13.8. The summed E-state index contributed by atoms with van der Waals surface area (Å²) in [6, 6.07) is 30.2. The van der Waals surface area contributed by atoms with E-state index in [4.69, 9.17) is 15.4 Å². The van der Waals surface area contributed by atoms with Gasteiger partial charge in [-0.2, -0.15) is 0 Å². The number of nitrogens with one attached hydrogen (secondary N) is 1. The van der Waals surface area contributed by atoms with E-state index in [1.54, 1.807) is 0 Å². The van der Waals surface area contributed by atoms with E-state index in [1.807, 2.05) is 71.3 Å². The van der Waals surface area contributed by atoms with Crippen LogP contribution in [0, 0.1) is 5.41 Å². The van der Waals surface area contributed by atoms with Crippen LogP contribution in [0.2, 0.25) is 0 Å². The summed E-state index contributed by atoms with van der Waals surface area (Å²) in [5.41, 5.74) is 6.55. The summed E-state index contributed by atoms with van der Waals surface area (Å²) in [7, 11) is 0. The van der Waals surface area contributed by atoms with E-state index in [9.17, 15) is 0 Å². The normalized spacial score (nSPS) is 11.1. The third-order valence-electron chi connectivity index (χ3n) is 4.91. The third kappa shape index (κ3) is 2.85. The molecule has 0 radical (unpaired) electrons. The van der Waals surface area contributed by atoms with Crippen molar-refractivity contribution >= 4 is 22.1 Å². The van der Waals surface area contributed by atoms with Gasteiger partial charge in [0, 0.05) is 6.54 Å². The fourth-order valence-electron chi connectivity index (χ4n) is 3.52. The van der Waals surface area contributed by atoms with Crippen LogP contribution < -0.4 is 5.49 Å². The summed E-state index contributed by atoms with van der Waals surface area (Å²) < 4.78 is 2.01. The molecule has 2 aromatic heterocycles. The van der Waals surface area contributed by atoms with E-state index in [-0.39, 0.29) is 0 Å². The molecule has 5 rings (SSSR count). The number of rotatable bonds is 3. The summed E-state index contributed by atoms with van der Waals surface area (Å²) >= 11 is 0. The zero-order valence-electron chi connectivity index (χ0n) is 15.2. The lowest BCUT2D eigenvalue weighted by Crippen LogP contribution is -2.24. The minimum Gasteiger partial charge on any atom is -0.320 e. The third-order valence-corrected chi connectivity index (χ3v) is 4.91. The molecule has 5 aromatic rings. The van der Waals surface area contributed by atoms with Crippen LogP contribution in [0.4, 0.5) is 0 Å². The second-order valence-corrected chi connectivity index (χ2v) is 6.76. The molecule has 2 heterocycles. The number of nitrogens with zero attached hydrogens (tertiary/aromatic N) is 3. The van der Waals surface area contributed by atoms with E-state index in [0.717, 1.165) is 33.4 Å². The van der Waals surface area contributed by atoms with Gasteiger partial charge in [0.05, 0.1) is 22.2 Å². The lowest BCUT2D eigenvalue weighted by atomic mass is 10.1. The van der Waals surface area contributed by atoms with Crippen LogP contribution in [0.5, 0.6) is 0 Å². The zero-order valence-corrected chi connectivity index (χ0v) is 15.2. The Balaban J connectivity index is 1.82. The SMILES string of the molecule is N=c1c2nc3ccccc3nc2cc(-c2ccccc2)n1Cc1ccccc1. The number of hydrogen-bond donors (Lipinski definition) is 1. The van der Waals surface area contributed by atoms with Crippen LogP contribution in [0.25, 0.3) is 33.3 Å². The van der Waals surface area contributed by atoms with Crippen molar-refractivity contribution in [3.63, 3.8) is 0 Å². The Morgan fingerprint density at radius 1 is 0.679 bits per heavy atom. The van der Waals surface area contributed by atoms with Gasteiger partial charge in [0.1, 0.15) is 5.52 Å². The van der Waals surface area contributed by atoms with Crippen molar-refractivity contribution in [3.05, 3.63) is 102 Å². The molecule has 0 aliphatic heterocycles. The maximum atomic E-state index is 8.91. The molecule has 0 bridgehead atoms. The Labute approximate surface area is 162 Å². The molecule has 0 saturated heterocycles. The Hall–Kier alpha value is -3.79. The summed E-state index contributed by atoms with van der Waals surface area (Å²) in [4.78, 5) is 9.52. The predicted molar refractivity (Wildman–Crippen MR) is 112 cm³/mol. The maximum Gasteiger partial charge on any atom is 0.154 e. The average molecular weight is 362 g/mol. The summed E-state index contributed by atoms with van der Waals surface area (Å²) in [6.07, 6.45) is 0. The van der Waals surface area contributed by atoms with E-state index in [1.165, 1.54) is 0 Å². The van der Waals surface area contributed by atoms with Gasteiger partial charge in [-0.05, 0) is 29.3 Å². The predicted octanol–water partition coefficient (Wildman–Crippen LogP) is 4.78. The highest BCUT2D eigenvalue weighted by atomic mass is 15.0. The van der Waals surface area contributed by atoms with Crippen LogP contribution in [0.1, 0.15) is 5.56 Å². The molecule has 1 N–H and O–H groups in total. The van der Waals surface area contributed by atoms with Gasteiger partial charge in [-0.1, -0.05) is 72.8 Å². The van der Waals surface area contributed by atoms with Gasteiger partial charge in [0.15, 0.2) is 5.49 Å². The highest BCUT2D eigenvalue weighted by molar-refractivity contribution is 5.87. The van der Waals surface area contributed by atoms with E-state index < -0.39 is 0 Å². The molecule has 0 aliphatic rings. The lowest BCUT2D eigenvalue weighted by Gasteiger charge is -2.16. The zero-order chi connectivity index (χ0) is 18.9. The Morgan fingerprint density at radius 3 is 2.00 bits per heavy atom. The van der Waals surface area contributed by atoms with Gasteiger partial charge in [-0.15, -0.1) is 0 Å². The highest BCUT2D eigenvalue weighted by Gasteiger charge is 2.12. The molecule has 134 valence electrons. The number of aromatic nitrogens is 3. The quantitative estimate of drug-likeness (QED) is 0.470. The molecule has 4 heteroatoms. The van der Waals surface area contributed by atoms with Crippen molar-refractivity contribution in [1.82, 2.24) is 14.5 Å². The Bertz CT molecular complexity index is 1340. The standard InChI is InChI=1S/C24H18N4/c25-24-23-21(26-19-13-7-8-14-20(19)27-23)15-22(18-11-5-2-6-12-18)28(24)16-17-9-3-1-4-10-17/h1-15,25H,16H2. The fraction of sp³-hybridized carbons (Fsp3) is 0.0417. The van der Waals surface area contributed by atoms with Crippen LogP contribution >= 0.6 is 0 Å². The van der Waals surface area contributed by atoms with Crippen LogP contribution in [0.15, 0.2) is 91.0 Å². The Morgan fingerprint density at radius 2 is 1.29 bits per heavy atom. The first kappa shape index (κ1) is 16.4. The first-order valence-corrected chi connectivity index (χ1v) is 9.24. The largest absolute Gasteiger partial charge is 0.320 e. The van der Waals surface area contributed by atoms with Crippen molar-refractivity contribution in [3.8, 4) is 11.3 Å². The monoisotopic (exact) mass is 362 g/mol. The van der Waals surface area contributed by atoms with E-state index in [2.05, 4.69) is 24.3 Å². The average Bonchev–Trinajstić information content (AvgIpc) is 2.76. The van der Waals surface area contributed by atoms with Gasteiger partial charge in [0.2, 0.25) is 0 Å². The second-order valence-electron chi connectivity index (χ2n) is 6.76. The molecule has 3 aromatic carbocycles. The van der Waals surface area contributed by atoms with E-state index >= 15 is 0 Å². The minimum absolute atomic E-state index is 0.374. The molecular formula is C24H18N4. The van der Waals surface area contributed by atoms with Gasteiger partial charge in [-0.25, -0.2) is 9.97 Å². The van der Waals surface area contributed by atoms with Gasteiger partial charge >= 0.3 is 0 Å². The van der Waals surface area contributed by atoms with Gasteiger partial charge < -0.3 is 4.57 Å². The Kier molecular flexibility index (Phi) is 3.95. The molecule has 28 heavy (non-hydrogen) atoms. The van der Waals surface area contributed by atoms with Crippen molar-refractivity contribution in [2.45, 2.75) is 6.54 Å². The van der Waals surface area contributed by atoms with Gasteiger partial charge in [0.25, 0.3) is 0 Å². The van der Waals surface area contributed by atoms with Crippen molar-refractivity contribution in [1.29, 1.82) is 5.41 Å². The number of fused-ring (bicyclic) bond motifs is 2. The van der Waals surface area contributed by atoms with Crippen LogP contribution in [-0.4, -0.2) is 14.5 Å². The lowest BCUT2D eigenvalue weighted by molar-refractivity contribution is 0.747. The van der Waals surface area contributed by atoms with Gasteiger partial charge in [-0.3, -0.25) is 5.41 Å². The molecule has 0 unspecified atom stereocenters. The topological polar surface area (TPSA) is 54.6 Å². The maximum absolute atomic E-state index is 8.91. The number of benzene rings is 3. The molecular weight excluding hydrogens is 344 g/mol. The van der Waals surface area contributed by atoms with Crippen molar-refractivity contribution in [2.75, 3.05) is 0 Å². The fourth-order valence-corrected chi connectivity index (χ4v) is 3.52. The first-order valence-electron chi connectivity index (χ1n) is 9.24. The molecule has 0 fully saturated rings. The second kappa shape index (κ2) is 6.74. The number of pyridine rings is 1. The summed E-state index contributed by atoms with van der Waals surface area (Å²) in [6.45, 7) is 0.606.